The number of para-hydroxylation sites is 1. The van der Waals surface area contributed by atoms with E-state index in [4.69, 9.17) is 5.73 Å². The van der Waals surface area contributed by atoms with E-state index in [0.29, 0.717) is 0 Å². The predicted octanol–water partition coefficient (Wildman–Crippen LogP) is 3.38. The van der Waals surface area contributed by atoms with Crippen LogP contribution in [0.3, 0.4) is 0 Å². The van der Waals surface area contributed by atoms with Gasteiger partial charge in [-0.05, 0) is 41.8 Å². The first-order valence-corrected chi connectivity index (χ1v) is 7.28. The smallest absolute Gasteiger partial charge is 0.0772 e. The number of pyridine rings is 1. The number of nitrogens with two attached hydrogens (primary N) is 1. The van der Waals surface area contributed by atoms with Gasteiger partial charge in [0.2, 0.25) is 0 Å². The zero-order valence-corrected chi connectivity index (χ0v) is 11.8. The van der Waals surface area contributed by atoms with E-state index in [0.717, 1.165) is 36.1 Å². The second-order valence-corrected chi connectivity index (χ2v) is 5.51. The van der Waals surface area contributed by atoms with Crippen LogP contribution in [0.15, 0.2) is 54.7 Å². The number of hydrogen-bond acceptors (Lipinski definition) is 3. The monoisotopic (exact) mass is 275 g/mol. The van der Waals surface area contributed by atoms with Gasteiger partial charge in [0, 0.05) is 36.0 Å². The maximum Gasteiger partial charge on any atom is 0.0772 e. The Hall–Kier alpha value is -2.55. The zero-order valence-electron chi connectivity index (χ0n) is 11.8. The van der Waals surface area contributed by atoms with Gasteiger partial charge in [-0.15, -0.1) is 0 Å². The molecule has 3 aromatic rings. The van der Waals surface area contributed by atoms with Crippen LogP contribution >= 0.6 is 0 Å². The van der Waals surface area contributed by atoms with Crippen LogP contribution in [0.25, 0.3) is 10.9 Å². The lowest BCUT2D eigenvalue weighted by Crippen LogP contribution is -2.20. The quantitative estimate of drug-likeness (QED) is 0.729. The summed E-state index contributed by atoms with van der Waals surface area (Å²) in [6, 6.07) is 16.7. The predicted molar refractivity (Wildman–Crippen MR) is 87.4 cm³/mol. The van der Waals surface area contributed by atoms with Crippen molar-refractivity contribution in [2.75, 3.05) is 17.2 Å². The second-order valence-electron chi connectivity index (χ2n) is 5.51. The van der Waals surface area contributed by atoms with Crippen molar-refractivity contribution < 1.29 is 0 Å². The van der Waals surface area contributed by atoms with Gasteiger partial charge >= 0.3 is 0 Å². The van der Waals surface area contributed by atoms with Gasteiger partial charge in [0.1, 0.15) is 0 Å². The maximum absolute atomic E-state index is 6.06. The normalized spacial score (nSPS) is 13.6. The number of nitrogens with zero attached hydrogens (tertiary/aromatic N) is 2. The van der Waals surface area contributed by atoms with Crippen molar-refractivity contribution in [1.29, 1.82) is 0 Å². The van der Waals surface area contributed by atoms with Gasteiger partial charge < -0.3 is 10.6 Å². The molecule has 21 heavy (non-hydrogen) atoms. The Bertz CT molecular complexity index is 810. The number of nitrogen functional groups attached to an aromatic ring is 1. The Morgan fingerprint density at radius 1 is 1.05 bits per heavy atom. The fraction of sp³-hybridized carbons (Fsp3) is 0.167. The van der Waals surface area contributed by atoms with Crippen molar-refractivity contribution in [1.82, 2.24) is 4.98 Å². The molecular formula is C18H17N3. The summed E-state index contributed by atoms with van der Waals surface area (Å²) >= 11 is 0. The summed E-state index contributed by atoms with van der Waals surface area (Å²) in [5.41, 5.74) is 11.9. The number of aromatic nitrogens is 1. The highest BCUT2D eigenvalue weighted by atomic mass is 15.1. The van der Waals surface area contributed by atoms with Crippen molar-refractivity contribution in [3.05, 3.63) is 65.9 Å². The van der Waals surface area contributed by atoms with Gasteiger partial charge in [-0.2, -0.15) is 0 Å². The lowest BCUT2D eigenvalue weighted by atomic mass is 10.1. The molecule has 0 saturated heterocycles. The summed E-state index contributed by atoms with van der Waals surface area (Å²) in [6.07, 6.45) is 2.96. The molecule has 0 radical (unpaired) electrons. The number of anilines is 2. The average Bonchev–Trinajstić information content (AvgIpc) is 2.94. The molecule has 3 nitrogen and oxygen atoms in total. The van der Waals surface area contributed by atoms with Crippen molar-refractivity contribution in [2.45, 2.75) is 13.0 Å². The van der Waals surface area contributed by atoms with Gasteiger partial charge in [-0.1, -0.05) is 24.3 Å². The van der Waals surface area contributed by atoms with Gasteiger partial charge in [0.05, 0.1) is 5.52 Å². The SMILES string of the molecule is Nc1ccc(CN2CCc3ccccc32)c2ncccc12. The van der Waals surface area contributed by atoms with Gasteiger partial charge in [-0.3, -0.25) is 4.98 Å². The molecule has 0 bridgehead atoms. The van der Waals surface area contributed by atoms with Gasteiger partial charge in [0.15, 0.2) is 0 Å². The largest absolute Gasteiger partial charge is 0.398 e. The maximum atomic E-state index is 6.06. The van der Waals surface area contributed by atoms with Crippen molar-refractivity contribution in [2.24, 2.45) is 0 Å². The van der Waals surface area contributed by atoms with Crippen molar-refractivity contribution in [3.63, 3.8) is 0 Å². The van der Waals surface area contributed by atoms with Crippen LogP contribution in [-0.2, 0) is 13.0 Å². The molecule has 0 unspecified atom stereocenters. The average molecular weight is 275 g/mol. The van der Waals surface area contributed by atoms with Gasteiger partial charge in [0.25, 0.3) is 0 Å². The molecule has 4 rings (SSSR count). The number of rotatable bonds is 2. The zero-order chi connectivity index (χ0) is 14.2. The topological polar surface area (TPSA) is 42.1 Å². The first kappa shape index (κ1) is 12.2. The Morgan fingerprint density at radius 3 is 2.90 bits per heavy atom. The Kier molecular flexibility index (Phi) is 2.78. The first-order chi connectivity index (χ1) is 10.3. The molecule has 104 valence electrons. The molecule has 2 heterocycles. The lowest BCUT2D eigenvalue weighted by molar-refractivity contribution is 0.839. The Morgan fingerprint density at radius 2 is 1.95 bits per heavy atom. The summed E-state index contributed by atoms with van der Waals surface area (Å²) in [7, 11) is 0. The van der Waals surface area contributed by atoms with Crippen molar-refractivity contribution in [3.8, 4) is 0 Å². The third-order valence-corrected chi connectivity index (χ3v) is 4.23. The van der Waals surface area contributed by atoms with E-state index in [-0.39, 0.29) is 0 Å². The van der Waals surface area contributed by atoms with Crippen LogP contribution in [0.5, 0.6) is 0 Å². The van der Waals surface area contributed by atoms with Crippen LogP contribution in [0.1, 0.15) is 11.1 Å². The fourth-order valence-corrected chi connectivity index (χ4v) is 3.16. The van der Waals surface area contributed by atoms with Crippen LogP contribution in [0.4, 0.5) is 11.4 Å². The molecule has 0 amide bonds. The first-order valence-electron chi connectivity index (χ1n) is 7.28. The molecule has 1 aliphatic heterocycles. The van der Waals surface area contributed by atoms with Crippen LogP contribution in [-0.4, -0.2) is 11.5 Å². The molecule has 0 atom stereocenters. The van der Waals surface area contributed by atoms with Crippen LogP contribution in [0, 0.1) is 0 Å². The van der Waals surface area contributed by atoms with E-state index < -0.39 is 0 Å². The van der Waals surface area contributed by atoms with Crippen LogP contribution < -0.4 is 10.6 Å². The molecule has 3 heteroatoms. The highest BCUT2D eigenvalue weighted by Crippen LogP contribution is 2.31. The lowest BCUT2D eigenvalue weighted by Gasteiger charge is -2.20. The van der Waals surface area contributed by atoms with E-state index in [1.807, 2.05) is 24.4 Å². The molecule has 2 aromatic carbocycles. The summed E-state index contributed by atoms with van der Waals surface area (Å²) in [6.45, 7) is 1.95. The molecule has 1 aromatic heterocycles. The van der Waals surface area contributed by atoms with E-state index >= 15 is 0 Å². The van der Waals surface area contributed by atoms with E-state index in [9.17, 15) is 0 Å². The third kappa shape index (κ3) is 2.02. The van der Waals surface area contributed by atoms with Gasteiger partial charge in [-0.25, -0.2) is 0 Å². The highest BCUT2D eigenvalue weighted by molar-refractivity contribution is 5.92. The Balaban J connectivity index is 1.75. The molecule has 1 aliphatic rings. The Labute approximate surface area is 124 Å². The molecule has 0 saturated carbocycles. The molecule has 0 fully saturated rings. The minimum atomic E-state index is 0.795. The van der Waals surface area contributed by atoms with E-state index in [2.05, 4.69) is 40.2 Å². The molecular weight excluding hydrogens is 258 g/mol. The summed E-state index contributed by atoms with van der Waals surface area (Å²) < 4.78 is 0. The molecule has 2 N–H and O–H groups in total. The molecule has 0 spiro atoms. The summed E-state index contributed by atoms with van der Waals surface area (Å²) in [4.78, 5) is 6.96. The third-order valence-electron chi connectivity index (χ3n) is 4.23. The van der Waals surface area contributed by atoms with E-state index in [1.54, 1.807) is 0 Å². The summed E-state index contributed by atoms with van der Waals surface area (Å²) in [5.74, 6) is 0. The number of fused-ring (bicyclic) bond motifs is 2. The standard InChI is InChI=1S/C18H17N3/c19-16-8-7-14(18-15(16)5-3-10-20-18)12-21-11-9-13-4-1-2-6-17(13)21/h1-8,10H,9,11-12,19H2. The van der Waals surface area contributed by atoms with Crippen molar-refractivity contribution >= 4 is 22.3 Å². The minimum absolute atomic E-state index is 0.795. The van der Waals surface area contributed by atoms with E-state index in [1.165, 1.54) is 16.8 Å². The fourth-order valence-electron chi connectivity index (χ4n) is 3.16. The number of hydrogen-bond donors (Lipinski definition) is 1. The highest BCUT2D eigenvalue weighted by Gasteiger charge is 2.19. The number of benzene rings is 2. The van der Waals surface area contributed by atoms with Crippen LogP contribution in [0.2, 0.25) is 0 Å². The summed E-state index contributed by atoms with van der Waals surface area (Å²) in [5, 5.41) is 1.04. The molecule has 0 aliphatic carbocycles. The minimum Gasteiger partial charge on any atom is -0.398 e. The second kappa shape index (κ2) is 4.77.